The molecule has 508 valence electrons. The summed E-state index contributed by atoms with van der Waals surface area (Å²) in [6.45, 7) is 1.58. The molecule has 19 nitrogen and oxygen atoms in total. The fourth-order valence-electron chi connectivity index (χ4n) is 10.9. The maximum atomic E-state index is 13.4. The number of ether oxygens (including phenoxy) is 6. The number of unbranched alkanes of at least 4 members (excludes halogenated alkanes) is 22. The van der Waals surface area contributed by atoms with E-state index in [-0.39, 0.29) is 18.9 Å². The van der Waals surface area contributed by atoms with Crippen LogP contribution in [0.2, 0.25) is 0 Å². The van der Waals surface area contributed by atoms with Crippen molar-refractivity contribution in [3.63, 3.8) is 0 Å². The SMILES string of the molecule is CC/C=C\C/C=C\C/C=C\C/C=C\C/C=C\CCCCCCCC(=O)NC(COC1OC(CO)C(OC2OC(CO)C(OC3OC(CO)C(O)C(O)C3O)C(O)C2O)C(O)C1O)C(O)/C=C/CC/C=C/CCCCCCCCCCCCCCCCCC. The first kappa shape index (κ1) is 79.2. The predicted octanol–water partition coefficient (Wildman–Crippen LogP) is 8.32. The van der Waals surface area contributed by atoms with Crippen LogP contribution in [0, 0.1) is 0 Å². The van der Waals surface area contributed by atoms with Gasteiger partial charge in [0.25, 0.3) is 0 Å². The van der Waals surface area contributed by atoms with Gasteiger partial charge < -0.3 is 89.9 Å². The van der Waals surface area contributed by atoms with Crippen LogP contribution in [0.1, 0.15) is 213 Å². The summed E-state index contributed by atoms with van der Waals surface area (Å²) in [6.07, 6.45) is 37.0. The molecule has 0 bridgehead atoms. The van der Waals surface area contributed by atoms with E-state index >= 15 is 0 Å². The largest absolute Gasteiger partial charge is 0.394 e. The Morgan fingerprint density at radius 3 is 1.27 bits per heavy atom. The Kier molecular flexibility index (Phi) is 45.5. The molecule has 0 radical (unpaired) electrons. The van der Waals surface area contributed by atoms with Gasteiger partial charge in [-0.05, 0) is 77.0 Å². The van der Waals surface area contributed by atoms with Crippen molar-refractivity contribution in [3.8, 4) is 0 Å². The highest BCUT2D eigenvalue weighted by Crippen LogP contribution is 2.33. The first-order valence-electron chi connectivity index (χ1n) is 33.8. The summed E-state index contributed by atoms with van der Waals surface area (Å²) < 4.78 is 34.3. The lowest BCUT2D eigenvalue weighted by Crippen LogP contribution is -2.66. The molecule has 0 saturated carbocycles. The fourth-order valence-corrected chi connectivity index (χ4v) is 10.9. The minimum atomic E-state index is -1.99. The van der Waals surface area contributed by atoms with Crippen molar-refractivity contribution in [1.82, 2.24) is 5.32 Å². The maximum absolute atomic E-state index is 13.4. The maximum Gasteiger partial charge on any atom is 0.220 e. The van der Waals surface area contributed by atoms with Gasteiger partial charge in [0.1, 0.15) is 73.2 Å². The average molecular weight is 1250 g/mol. The molecule has 0 spiro atoms. The van der Waals surface area contributed by atoms with Gasteiger partial charge in [0.15, 0.2) is 18.9 Å². The first-order valence-corrected chi connectivity index (χ1v) is 33.8. The van der Waals surface area contributed by atoms with E-state index < -0.39 is 124 Å². The molecule has 3 rings (SSSR count). The number of aliphatic hydroxyl groups is 11. The normalized spacial score (nSPS) is 28.9. The first-order chi connectivity index (χ1) is 42.8. The minimum absolute atomic E-state index is 0.209. The summed E-state index contributed by atoms with van der Waals surface area (Å²) >= 11 is 0. The third kappa shape index (κ3) is 32.5. The monoisotopic (exact) mass is 1250 g/mol. The Balaban J connectivity index is 1.48. The van der Waals surface area contributed by atoms with Gasteiger partial charge >= 0.3 is 0 Å². The van der Waals surface area contributed by atoms with E-state index in [1.807, 2.05) is 6.08 Å². The highest BCUT2D eigenvalue weighted by molar-refractivity contribution is 5.76. The summed E-state index contributed by atoms with van der Waals surface area (Å²) in [5, 5.41) is 120. The van der Waals surface area contributed by atoms with Crippen LogP contribution in [-0.2, 0) is 33.2 Å². The standard InChI is InChI=1S/C69H119NO18/c1-3-5-7-9-11-13-15-17-19-21-23-25-27-28-30-32-34-36-38-40-42-44-46-53(74)52(70-57(75)47-45-43-41-39-37-35-33-31-29-26-24-22-20-18-16-14-12-10-8-6-4-2)51-83-67-63(81)60(78)65(55(49-72)85-67)88-69-64(82)61(79)66(56(50-73)86-69)87-68-62(80)59(77)58(76)54(48-71)84-68/h6,8,12,14,18,20,24,26,31,33,36,38,44,46,52-56,58-69,71-74,76-82H,3-5,7,9-11,13,15-17,19,21-23,25,27-30,32,34-35,37,39-43,45,47-51H2,1-2H3,(H,70,75)/b8-6-,14-12-,20-18-,26-24-,33-31-,38-36+,46-44+. The second-order valence-corrected chi connectivity index (χ2v) is 23.9. The molecule has 88 heavy (non-hydrogen) atoms. The van der Waals surface area contributed by atoms with Gasteiger partial charge in [0.05, 0.1) is 38.6 Å². The molecule has 3 saturated heterocycles. The third-order valence-electron chi connectivity index (χ3n) is 16.4. The van der Waals surface area contributed by atoms with E-state index in [9.17, 15) is 61.0 Å². The number of allylic oxidation sites excluding steroid dienone is 13. The predicted molar refractivity (Wildman–Crippen MR) is 341 cm³/mol. The molecule has 3 fully saturated rings. The van der Waals surface area contributed by atoms with Gasteiger partial charge in [0, 0.05) is 6.42 Å². The van der Waals surface area contributed by atoms with Gasteiger partial charge in [-0.2, -0.15) is 0 Å². The number of carbonyl (C=O) groups is 1. The molecule has 19 heteroatoms. The summed E-state index contributed by atoms with van der Waals surface area (Å²) in [4.78, 5) is 13.4. The number of amides is 1. The van der Waals surface area contributed by atoms with Crippen molar-refractivity contribution in [3.05, 3.63) is 85.1 Å². The fraction of sp³-hybridized carbons (Fsp3) is 0.783. The van der Waals surface area contributed by atoms with E-state index in [0.717, 1.165) is 83.5 Å². The van der Waals surface area contributed by atoms with Crippen molar-refractivity contribution in [2.24, 2.45) is 0 Å². The third-order valence-corrected chi connectivity index (χ3v) is 16.4. The number of hydrogen-bond donors (Lipinski definition) is 12. The highest BCUT2D eigenvalue weighted by atomic mass is 16.8. The average Bonchev–Trinajstić information content (AvgIpc) is 3.72. The Morgan fingerprint density at radius 2 is 0.795 bits per heavy atom. The number of carbonyl (C=O) groups excluding carboxylic acids is 1. The molecule has 17 unspecified atom stereocenters. The molecule has 17 atom stereocenters. The van der Waals surface area contributed by atoms with Crippen molar-refractivity contribution < 1.29 is 89.4 Å². The Labute approximate surface area is 527 Å². The number of rotatable bonds is 50. The number of nitrogens with one attached hydrogen (secondary N) is 1. The lowest BCUT2D eigenvalue weighted by molar-refractivity contribution is -0.379. The molecule has 0 aliphatic carbocycles. The molecular formula is C69H119NO18. The summed E-state index contributed by atoms with van der Waals surface area (Å²) in [6, 6.07) is -1.01. The van der Waals surface area contributed by atoms with E-state index in [1.54, 1.807) is 6.08 Å². The van der Waals surface area contributed by atoms with Gasteiger partial charge in [-0.15, -0.1) is 0 Å². The van der Waals surface area contributed by atoms with E-state index in [4.69, 9.17) is 28.4 Å². The quantitative estimate of drug-likeness (QED) is 0.0201. The number of hydrogen-bond acceptors (Lipinski definition) is 18. The molecule has 3 aliphatic rings. The van der Waals surface area contributed by atoms with Crippen LogP contribution in [0.3, 0.4) is 0 Å². The summed E-state index contributed by atoms with van der Waals surface area (Å²) in [5.74, 6) is -0.307. The molecule has 3 aliphatic heterocycles. The van der Waals surface area contributed by atoms with Gasteiger partial charge in [-0.25, -0.2) is 0 Å². The van der Waals surface area contributed by atoms with Gasteiger partial charge in [-0.3, -0.25) is 4.79 Å². The smallest absolute Gasteiger partial charge is 0.220 e. The van der Waals surface area contributed by atoms with Crippen LogP contribution in [-0.4, -0.2) is 193 Å². The topological polar surface area (TPSA) is 307 Å². The zero-order valence-corrected chi connectivity index (χ0v) is 53.4. The molecular weight excluding hydrogens is 1130 g/mol. The van der Waals surface area contributed by atoms with Crippen molar-refractivity contribution in [2.75, 3.05) is 26.4 Å². The molecule has 12 N–H and O–H groups in total. The molecule has 0 aromatic heterocycles. The Hall–Kier alpha value is -3.03. The summed E-state index contributed by atoms with van der Waals surface area (Å²) in [5.41, 5.74) is 0. The lowest BCUT2D eigenvalue weighted by Gasteiger charge is -2.48. The van der Waals surface area contributed by atoms with Gasteiger partial charge in [-0.1, -0.05) is 214 Å². The van der Waals surface area contributed by atoms with E-state index in [2.05, 4.69) is 92.1 Å². The molecule has 0 aromatic rings. The molecule has 3 heterocycles. The zero-order chi connectivity index (χ0) is 64.0. The Bertz CT molecular complexity index is 1930. The zero-order valence-electron chi connectivity index (χ0n) is 53.4. The molecule has 0 aromatic carbocycles. The second kappa shape index (κ2) is 50.5. The van der Waals surface area contributed by atoms with Crippen LogP contribution < -0.4 is 5.32 Å². The summed E-state index contributed by atoms with van der Waals surface area (Å²) in [7, 11) is 0. The van der Waals surface area contributed by atoms with E-state index in [1.165, 1.54) is 96.3 Å². The van der Waals surface area contributed by atoms with Gasteiger partial charge in [0.2, 0.25) is 5.91 Å². The highest BCUT2D eigenvalue weighted by Gasteiger charge is 2.53. The Morgan fingerprint density at radius 1 is 0.420 bits per heavy atom. The lowest BCUT2D eigenvalue weighted by atomic mass is 9.96. The van der Waals surface area contributed by atoms with Crippen LogP contribution in [0.4, 0.5) is 0 Å². The second-order valence-electron chi connectivity index (χ2n) is 23.9. The van der Waals surface area contributed by atoms with Crippen LogP contribution in [0.15, 0.2) is 85.1 Å². The van der Waals surface area contributed by atoms with Crippen molar-refractivity contribution in [2.45, 2.75) is 317 Å². The van der Waals surface area contributed by atoms with E-state index in [0.29, 0.717) is 12.8 Å². The molecule has 1 amide bonds. The van der Waals surface area contributed by atoms with Crippen LogP contribution >= 0.6 is 0 Å². The number of aliphatic hydroxyl groups excluding tert-OH is 11. The van der Waals surface area contributed by atoms with Crippen molar-refractivity contribution in [1.29, 1.82) is 0 Å². The minimum Gasteiger partial charge on any atom is -0.394 e. The van der Waals surface area contributed by atoms with Crippen LogP contribution in [0.25, 0.3) is 0 Å². The van der Waals surface area contributed by atoms with Crippen LogP contribution in [0.5, 0.6) is 0 Å². The van der Waals surface area contributed by atoms with Crippen molar-refractivity contribution >= 4 is 5.91 Å².